The monoisotopic (exact) mass is 408 g/mol. The van der Waals surface area contributed by atoms with E-state index in [1.807, 2.05) is 0 Å². The molecule has 2 aromatic carbocycles. The topological polar surface area (TPSA) is 111 Å². The highest BCUT2D eigenvalue weighted by Crippen LogP contribution is 2.27. The molecule has 9 nitrogen and oxygen atoms in total. The van der Waals surface area contributed by atoms with Crippen LogP contribution in [0.25, 0.3) is 0 Å². The van der Waals surface area contributed by atoms with E-state index in [0.717, 1.165) is 0 Å². The summed E-state index contributed by atoms with van der Waals surface area (Å²) in [5.41, 5.74) is 0.855. The molecule has 0 aromatic heterocycles. The number of carbonyl (C=O) groups excluding carboxylic acids is 2. The van der Waals surface area contributed by atoms with E-state index < -0.39 is 21.9 Å². The van der Waals surface area contributed by atoms with E-state index in [9.17, 15) is 18.0 Å². The molecule has 0 aliphatic heterocycles. The van der Waals surface area contributed by atoms with Gasteiger partial charge in [-0.15, -0.1) is 0 Å². The molecule has 0 spiro atoms. The Morgan fingerprint density at radius 1 is 0.964 bits per heavy atom. The summed E-state index contributed by atoms with van der Waals surface area (Å²) < 4.78 is 35.5. The Labute approximate surface area is 162 Å². The predicted octanol–water partition coefficient (Wildman–Crippen LogP) is 1.92. The number of hydrogen-bond acceptors (Lipinski definition) is 7. The number of rotatable bonds is 7. The lowest BCUT2D eigenvalue weighted by molar-refractivity contribution is -0.0259. The van der Waals surface area contributed by atoms with Crippen molar-refractivity contribution < 1.29 is 32.3 Å². The van der Waals surface area contributed by atoms with Crippen molar-refractivity contribution >= 4 is 27.6 Å². The standard InChI is InChI=1S/C18H20N2O7S/c1-20(27-4)28(23,24)16-11-13(7-10-15(16)25-2)17(21)19-14-8-5-12(6-9-14)18(22)26-3/h5-11H,1-4H3,(H,19,21). The highest BCUT2D eigenvalue weighted by Gasteiger charge is 2.26. The molecular weight excluding hydrogens is 388 g/mol. The minimum atomic E-state index is -4.02. The molecule has 2 aromatic rings. The number of amides is 1. The number of methoxy groups -OCH3 is 2. The molecule has 0 aliphatic rings. The van der Waals surface area contributed by atoms with Gasteiger partial charge in [0.15, 0.2) is 0 Å². The van der Waals surface area contributed by atoms with Crippen LogP contribution in [-0.2, 0) is 19.6 Å². The summed E-state index contributed by atoms with van der Waals surface area (Å²) in [7, 11) is 1.00. The quantitative estimate of drug-likeness (QED) is 0.550. The number of sulfonamides is 1. The summed E-state index contributed by atoms with van der Waals surface area (Å²) in [4.78, 5) is 28.5. The zero-order valence-corrected chi connectivity index (χ0v) is 16.6. The summed E-state index contributed by atoms with van der Waals surface area (Å²) >= 11 is 0. The van der Waals surface area contributed by atoms with Crippen LogP contribution >= 0.6 is 0 Å². The van der Waals surface area contributed by atoms with Crippen LogP contribution in [0.4, 0.5) is 5.69 Å². The van der Waals surface area contributed by atoms with E-state index in [4.69, 9.17) is 9.57 Å². The average molecular weight is 408 g/mol. The van der Waals surface area contributed by atoms with Crippen molar-refractivity contribution in [1.29, 1.82) is 0 Å². The van der Waals surface area contributed by atoms with Crippen LogP contribution in [0, 0.1) is 0 Å². The first-order valence-corrected chi connectivity index (χ1v) is 9.39. The lowest BCUT2D eigenvalue weighted by atomic mass is 10.1. The summed E-state index contributed by atoms with van der Waals surface area (Å²) in [6, 6.07) is 10.1. The van der Waals surface area contributed by atoms with Crippen molar-refractivity contribution in [3.8, 4) is 5.75 Å². The maximum atomic E-state index is 12.6. The molecule has 0 fully saturated rings. The van der Waals surface area contributed by atoms with Gasteiger partial charge in [-0.05, 0) is 42.5 Å². The van der Waals surface area contributed by atoms with Gasteiger partial charge in [0.05, 0.1) is 26.9 Å². The SMILES string of the molecule is COC(=O)c1ccc(NC(=O)c2ccc(OC)c(S(=O)(=O)N(C)OC)c2)cc1. The van der Waals surface area contributed by atoms with Crippen molar-refractivity contribution in [1.82, 2.24) is 4.47 Å². The van der Waals surface area contributed by atoms with Crippen LogP contribution in [0.3, 0.4) is 0 Å². The molecule has 0 saturated heterocycles. The fraction of sp³-hybridized carbons (Fsp3) is 0.222. The molecule has 10 heteroatoms. The predicted molar refractivity (Wildman–Crippen MR) is 101 cm³/mol. The molecule has 0 aliphatic carbocycles. The normalized spacial score (nSPS) is 11.2. The molecule has 28 heavy (non-hydrogen) atoms. The summed E-state index contributed by atoms with van der Waals surface area (Å²) in [6.07, 6.45) is 0. The van der Waals surface area contributed by atoms with Gasteiger partial charge in [-0.25, -0.2) is 13.2 Å². The molecule has 0 saturated carbocycles. The zero-order valence-electron chi connectivity index (χ0n) is 15.8. The molecule has 0 atom stereocenters. The number of hydroxylamine groups is 1. The first-order chi connectivity index (χ1) is 13.2. The van der Waals surface area contributed by atoms with Crippen molar-refractivity contribution in [2.24, 2.45) is 0 Å². The molecular formula is C18H20N2O7S. The van der Waals surface area contributed by atoms with Crippen molar-refractivity contribution in [3.05, 3.63) is 53.6 Å². The molecule has 0 radical (unpaired) electrons. The second-order valence-electron chi connectivity index (χ2n) is 5.49. The minimum absolute atomic E-state index is 0.0721. The third kappa shape index (κ3) is 4.47. The Morgan fingerprint density at radius 3 is 2.11 bits per heavy atom. The van der Waals surface area contributed by atoms with E-state index in [1.165, 1.54) is 70.8 Å². The van der Waals surface area contributed by atoms with Crippen molar-refractivity contribution in [2.75, 3.05) is 33.7 Å². The first-order valence-electron chi connectivity index (χ1n) is 7.95. The summed E-state index contributed by atoms with van der Waals surface area (Å²) in [6.45, 7) is 0. The fourth-order valence-electron chi connectivity index (χ4n) is 2.27. The second-order valence-corrected chi connectivity index (χ2v) is 7.39. The van der Waals surface area contributed by atoms with Gasteiger partial charge in [0.1, 0.15) is 10.6 Å². The van der Waals surface area contributed by atoms with E-state index in [1.54, 1.807) is 0 Å². The molecule has 0 bridgehead atoms. The Morgan fingerprint density at radius 2 is 1.57 bits per heavy atom. The van der Waals surface area contributed by atoms with E-state index >= 15 is 0 Å². The first kappa shape index (κ1) is 21.4. The third-order valence-corrected chi connectivity index (χ3v) is 5.56. The average Bonchev–Trinajstić information content (AvgIpc) is 2.72. The Kier molecular flexibility index (Phi) is 6.73. The van der Waals surface area contributed by atoms with Gasteiger partial charge in [0, 0.05) is 18.3 Å². The van der Waals surface area contributed by atoms with Gasteiger partial charge in [0.2, 0.25) is 0 Å². The lowest BCUT2D eigenvalue weighted by Gasteiger charge is -2.17. The summed E-state index contributed by atoms with van der Waals surface area (Å²) in [5.74, 6) is -0.960. The van der Waals surface area contributed by atoms with Crippen LogP contribution in [0.2, 0.25) is 0 Å². The molecule has 150 valence electrons. The van der Waals surface area contributed by atoms with Crippen LogP contribution in [0.15, 0.2) is 47.4 Å². The highest BCUT2D eigenvalue weighted by atomic mass is 32.2. The fourth-order valence-corrected chi connectivity index (χ4v) is 3.42. The van der Waals surface area contributed by atoms with E-state index in [-0.39, 0.29) is 16.2 Å². The Hall–Kier alpha value is -2.95. The van der Waals surface area contributed by atoms with Crippen LogP contribution in [-0.4, -0.2) is 53.1 Å². The number of nitrogens with zero attached hydrogens (tertiary/aromatic N) is 1. The van der Waals surface area contributed by atoms with Crippen LogP contribution in [0.5, 0.6) is 5.75 Å². The van der Waals surface area contributed by atoms with Gasteiger partial charge in [-0.2, -0.15) is 0 Å². The Bertz CT molecular complexity index is 972. The molecule has 1 N–H and O–H groups in total. The van der Waals surface area contributed by atoms with E-state index in [2.05, 4.69) is 10.1 Å². The highest BCUT2D eigenvalue weighted by molar-refractivity contribution is 7.89. The maximum Gasteiger partial charge on any atom is 0.337 e. The molecule has 0 heterocycles. The molecule has 0 unspecified atom stereocenters. The van der Waals surface area contributed by atoms with Crippen LogP contribution < -0.4 is 10.1 Å². The summed E-state index contributed by atoms with van der Waals surface area (Å²) in [5, 5.41) is 2.63. The molecule has 1 amide bonds. The largest absolute Gasteiger partial charge is 0.495 e. The number of nitrogens with one attached hydrogen (secondary N) is 1. The van der Waals surface area contributed by atoms with E-state index in [0.29, 0.717) is 15.7 Å². The van der Waals surface area contributed by atoms with Gasteiger partial charge < -0.3 is 14.8 Å². The second kappa shape index (κ2) is 8.83. The number of hydrogen-bond donors (Lipinski definition) is 1. The number of esters is 1. The number of anilines is 1. The number of ether oxygens (including phenoxy) is 2. The van der Waals surface area contributed by atoms with Crippen molar-refractivity contribution in [3.63, 3.8) is 0 Å². The lowest BCUT2D eigenvalue weighted by Crippen LogP contribution is -2.26. The van der Waals surface area contributed by atoms with Gasteiger partial charge >= 0.3 is 5.97 Å². The van der Waals surface area contributed by atoms with Crippen LogP contribution in [0.1, 0.15) is 20.7 Å². The number of benzene rings is 2. The zero-order chi connectivity index (χ0) is 20.9. The van der Waals surface area contributed by atoms with Gasteiger partial charge in [-0.3, -0.25) is 9.63 Å². The van der Waals surface area contributed by atoms with Crippen molar-refractivity contribution in [2.45, 2.75) is 4.90 Å². The minimum Gasteiger partial charge on any atom is -0.495 e. The van der Waals surface area contributed by atoms with Gasteiger partial charge in [-0.1, -0.05) is 4.47 Å². The van der Waals surface area contributed by atoms with Gasteiger partial charge in [0.25, 0.3) is 15.9 Å². The Balaban J connectivity index is 2.31. The number of carbonyl (C=O) groups is 2. The molecule has 2 rings (SSSR count). The smallest absolute Gasteiger partial charge is 0.337 e. The third-order valence-electron chi connectivity index (χ3n) is 3.86. The maximum absolute atomic E-state index is 12.6.